The van der Waals surface area contributed by atoms with E-state index in [0.717, 1.165) is 23.5 Å². The number of allylic oxidation sites excluding steroid dienone is 10. The second-order valence-corrected chi connectivity index (χ2v) is 19.1. The van der Waals surface area contributed by atoms with Crippen LogP contribution in [0.2, 0.25) is 0 Å². The molecule has 1 heteroatoms. The molecule has 2 atom stereocenters. The predicted octanol–water partition coefficient (Wildman–Crippen LogP) is 16.9. The third-order valence-electron chi connectivity index (χ3n) is 15.1. The highest BCUT2D eigenvalue weighted by Crippen LogP contribution is 2.61. The number of anilines is 3. The molecule has 0 saturated heterocycles. The molecule has 0 radical (unpaired) electrons. The van der Waals surface area contributed by atoms with Crippen molar-refractivity contribution in [3.8, 4) is 44.5 Å². The quantitative estimate of drug-likeness (QED) is 0.155. The van der Waals surface area contributed by atoms with Crippen LogP contribution >= 0.6 is 0 Å². The van der Waals surface area contributed by atoms with E-state index in [1.807, 2.05) is 0 Å². The molecule has 0 aromatic heterocycles. The fourth-order valence-corrected chi connectivity index (χ4v) is 11.1. The fraction of sp³-hybridized carbons (Fsp3) is 0.161. The molecule has 0 amide bonds. The van der Waals surface area contributed by atoms with Gasteiger partial charge in [0.05, 0.1) is 0 Å². The van der Waals surface area contributed by atoms with Crippen LogP contribution < -0.4 is 4.90 Å². The van der Waals surface area contributed by atoms with Crippen molar-refractivity contribution in [2.24, 2.45) is 5.41 Å². The summed E-state index contributed by atoms with van der Waals surface area (Å²) < 4.78 is 0. The Morgan fingerprint density at radius 3 is 1.54 bits per heavy atom. The minimum absolute atomic E-state index is 0.0178. The van der Waals surface area contributed by atoms with Crippen molar-refractivity contribution in [2.45, 2.75) is 57.8 Å². The first-order chi connectivity index (χ1) is 30.6. The predicted molar refractivity (Wildman–Crippen MR) is 268 cm³/mol. The van der Waals surface area contributed by atoms with E-state index in [1.54, 1.807) is 0 Å². The summed E-state index contributed by atoms with van der Waals surface area (Å²) in [4.78, 5) is 2.39. The maximum absolute atomic E-state index is 2.46. The summed E-state index contributed by atoms with van der Waals surface area (Å²) in [5, 5.41) is 0. The van der Waals surface area contributed by atoms with Crippen molar-refractivity contribution < 1.29 is 0 Å². The Labute approximate surface area is 373 Å². The zero-order chi connectivity index (χ0) is 42.9. The van der Waals surface area contributed by atoms with Crippen LogP contribution in [0.5, 0.6) is 0 Å². The Bertz CT molecular complexity index is 3040. The summed E-state index contributed by atoms with van der Waals surface area (Å²) in [6.45, 7) is 12.0. The highest BCUT2D eigenvalue weighted by atomic mass is 15.1. The van der Waals surface area contributed by atoms with Gasteiger partial charge in [-0.25, -0.2) is 0 Å². The van der Waals surface area contributed by atoms with Gasteiger partial charge >= 0.3 is 0 Å². The maximum Gasteiger partial charge on any atom is 0.0462 e. The zero-order valence-electron chi connectivity index (χ0n) is 36.9. The van der Waals surface area contributed by atoms with Crippen LogP contribution in [0, 0.1) is 5.41 Å². The van der Waals surface area contributed by atoms with E-state index >= 15 is 0 Å². The molecule has 7 aromatic carbocycles. The first-order valence-electron chi connectivity index (χ1n) is 22.6. The van der Waals surface area contributed by atoms with Crippen molar-refractivity contribution >= 4 is 22.6 Å². The van der Waals surface area contributed by atoms with Gasteiger partial charge in [-0.1, -0.05) is 205 Å². The summed E-state index contributed by atoms with van der Waals surface area (Å²) in [5.74, 6) is 0.403. The van der Waals surface area contributed by atoms with Gasteiger partial charge in [-0.05, 0) is 132 Å². The van der Waals surface area contributed by atoms with E-state index in [9.17, 15) is 0 Å². The first kappa shape index (κ1) is 38.9. The van der Waals surface area contributed by atoms with Crippen molar-refractivity contribution in [1.82, 2.24) is 0 Å². The van der Waals surface area contributed by atoms with Gasteiger partial charge in [-0.2, -0.15) is 0 Å². The standard InChI is InChI=1S/C62H53N/c1-60(2)56-17-11-7-10-16-53(56)54-37-29-48(40-58(54)60)46-25-33-51(34-26-46)63(50-31-23-45(24-32-50)44-21-19-43(20-22-44)42-14-8-6-9-15-42)52-35-27-47(28-36-52)49-30-38-55-57-18-12-13-39-62(57,5)61(3,4)59(55)41-49/h6-15,17-41,57H,16H2,1-5H3. The molecule has 0 spiro atoms. The third kappa shape index (κ3) is 6.36. The molecule has 0 N–H and O–H groups in total. The number of hydrogen-bond donors (Lipinski definition) is 0. The Morgan fingerprint density at radius 2 is 0.952 bits per heavy atom. The van der Waals surface area contributed by atoms with Gasteiger partial charge in [-0.15, -0.1) is 0 Å². The second-order valence-electron chi connectivity index (χ2n) is 19.1. The molecule has 0 fully saturated rings. The first-order valence-corrected chi connectivity index (χ1v) is 22.6. The minimum atomic E-state index is -0.0383. The summed E-state index contributed by atoms with van der Waals surface area (Å²) in [6, 6.07) is 61.1. The minimum Gasteiger partial charge on any atom is -0.311 e. The molecule has 7 aromatic rings. The van der Waals surface area contributed by atoms with Crippen molar-refractivity contribution in [3.05, 3.63) is 240 Å². The smallest absolute Gasteiger partial charge is 0.0462 e. The molecule has 0 bridgehead atoms. The molecule has 2 unspecified atom stereocenters. The molecule has 0 saturated carbocycles. The largest absolute Gasteiger partial charge is 0.311 e. The van der Waals surface area contributed by atoms with Gasteiger partial charge in [0.15, 0.2) is 0 Å². The fourth-order valence-electron chi connectivity index (χ4n) is 11.1. The number of fused-ring (bicyclic) bond motifs is 5. The molecule has 0 heterocycles. The molecular formula is C62H53N. The summed E-state index contributed by atoms with van der Waals surface area (Å²) in [6.07, 6.45) is 19.2. The van der Waals surface area contributed by atoms with Crippen LogP contribution in [0.1, 0.15) is 69.2 Å². The van der Waals surface area contributed by atoms with E-state index in [-0.39, 0.29) is 16.2 Å². The van der Waals surface area contributed by atoms with Gasteiger partial charge < -0.3 is 4.90 Å². The van der Waals surface area contributed by atoms with Gasteiger partial charge in [0.1, 0.15) is 0 Å². The average Bonchev–Trinajstić information content (AvgIpc) is 3.48. The summed E-state index contributed by atoms with van der Waals surface area (Å²) in [5.41, 5.74) is 21.8. The maximum atomic E-state index is 2.46. The zero-order valence-corrected chi connectivity index (χ0v) is 36.9. The third-order valence-corrected chi connectivity index (χ3v) is 15.1. The molecule has 11 rings (SSSR count). The lowest BCUT2D eigenvalue weighted by molar-refractivity contribution is 0.245. The highest BCUT2D eigenvalue weighted by molar-refractivity contribution is 5.86. The van der Waals surface area contributed by atoms with E-state index in [4.69, 9.17) is 0 Å². The molecule has 4 aliphatic carbocycles. The van der Waals surface area contributed by atoms with Crippen molar-refractivity contribution in [3.63, 3.8) is 0 Å². The number of rotatable bonds is 7. The van der Waals surface area contributed by atoms with E-state index < -0.39 is 0 Å². The lowest BCUT2D eigenvalue weighted by Gasteiger charge is -2.41. The Morgan fingerprint density at radius 1 is 0.460 bits per heavy atom. The van der Waals surface area contributed by atoms with E-state index in [1.165, 1.54) is 77.9 Å². The van der Waals surface area contributed by atoms with E-state index in [0.29, 0.717) is 5.92 Å². The molecule has 1 nitrogen and oxygen atoms in total. The van der Waals surface area contributed by atoms with Gasteiger partial charge in [0, 0.05) is 33.8 Å². The highest BCUT2D eigenvalue weighted by Gasteiger charge is 2.53. The van der Waals surface area contributed by atoms with Gasteiger partial charge in [0.2, 0.25) is 0 Å². The van der Waals surface area contributed by atoms with Crippen LogP contribution in [0.25, 0.3) is 50.1 Å². The number of hydrogen-bond acceptors (Lipinski definition) is 1. The molecule has 0 aliphatic heterocycles. The Kier molecular flexibility index (Phi) is 9.18. The normalized spacial score (nSPS) is 19.6. The van der Waals surface area contributed by atoms with E-state index in [2.05, 4.69) is 252 Å². The van der Waals surface area contributed by atoms with Crippen LogP contribution in [-0.4, -0.2) is 0 Å². The summed E-state index contributed by atoms with van der Waals surface area (Å²) >= 11 is 0. The van der Waals surface area contributed by atoms with Crippen molar-refractivity contribution in [1.29, 1.82) is 0 Å². The summed E-state index contributed by atoms with van der Waals surface area (Å²) in [7, 11) is 0. The molecule has 306 valence electrons. The van der Waals surface area contributed by atoms with Crippen LogP contribution in [0.15, 0.2) is 218 Å². The number of benzene rings is 7. The van der Waals surface area contributed by atoms with Crippen LogP contribution in [-0.2, 0) is 10.8 Å². The monoisotopic (exact) mass is 811 g/mol. The second kappa shape index (κ2) is 14.8. The average molecular weight is 812 g/mol. The van der Waals surface area contributed by atoms with Crippen LogP contribution in [0.3, 0.4) is 0 Å². The van der Waals surface area contributed by atoms with Gasteiger partial charge in [-0.3, -0.25) is 0 Å². The Balaban J connectivity index is 0.931. The Hall–Kier alpha value is -6.96. The lowest BCUT2D eigenvalue weighted by Crippen LogP contribution is -2.36. The topological polar surface area (TPSA) is 3.24 Å². The van der Waals surface area contributed by atoms with Gasteiger partial charge in [0.25, 0.3) is 0 Å². The van der Waals surface area contributed by atoms with Crippen molar-refractivity contribution in [2.75, 3.05) is 4.90 Å². The SMILES string of the molecule is CC1(C)C2=C(CC=CC=C2)c2ccc(-c3ccc(N(c4ccc(-c5ccc(-c6ccccc6)cc5)cc4)c4ccc(-c5ccc6c(c5)C(C)(C)C5(C)C=CC=CC65)cc4)cc3)cc21. The van der Waals surface area contributed by atoms with Crippen LogP contribution in [0.4, 0.5) is 17.1 Å². The number of nitrogens with zero attached hydrogens (tertiary/aromatic N) is 1. The molecule has 4 aliphatic rings. The molecular weight excluding hydrogens is 759 g/mol. The molecule has 63 heavy (non-hydrogen) atoms. The lowest BCUT2D eigenvalue weighted by atomic mass is 9.62.